The number of aryl methyl sites for hydroxylation is 1. The lowest BCUT2D eigenvalue weighted by atomic mass is 9.87. The van der Waals surface area contributed by atoms with Gasteiger partial charge in [-0.3, -0.25) is 4.79 Å². The lowest BCUT2D eigenvalue weighted by molar-refractivity contribution is -0.138. The molecule has 0 aliphatic rings. The number of tetrazole rings is 1. The van der Waals surface area contributed by atoms with Crippen LogP contribution in [0.3, 0.4) is 0 Å². The number of carbonyl (C=O) groups excluding carboxylic acids is 1. The van der Waals surface area contributed by atoms with Crippen molar-refractivity contribution in [3.63, 3.8) is 0 Å². The van der Waals surface area contributed by atoms with Gasteiger partial charge in [-0.15, -0.1) is 5.10 Å². The highest BCUT2D eigenvalue weighted by molar-refractivity contribution is 6.30. The molecule has 0 saturated carbocycles. The second-order valence-electron chi connectivity index (χ2n) is 8.42. The average molecular weight is 423 g/mol. The average Bonchev–Trinajstić information content (AvgIpc) is 3.14. The van der Waals surface area contributed by atoms with E-state index in [1.54, 1.807) is 11.4 Å². The fraction of sp³-hybridized carbons (Fsp3) is 0.304. The summed E-state index contributed by atoms with van der Waals surface area (Å²) in [5.41, 5.74) is 4.67. The number of ketones is 1. The number of benzene rings is 2. The number of fused-ring (bicyclic) bond motifs is 3. The van der Waals surface area contributed by atoms with Gasteiger partial charge in [0.15, 0.2) is 11.4 Å². The number of aromatic nitrogens is 4. The van der Waals surface area contributed by atoms with Crippen LogP contribution in [0.1, 0.15) is 44.9 Å². The Morgan fingerprint density at radius 3 is 2.47 bits per heavy atom. The van der Waals surface area contributed by atoms with Crippen molar-refractivity contribution in [2.24, 2.45) is 0 Å². The van der Waals surface area contributed by atoms with E-state index in [-0.39, 0.29) is 5.78 Å². The molecule has 2 aromatic carbocycles. The second kappa shape index (κ2) is 7.45. The third kappa shape index (κ3) is 3.68. The van der Waals surface area contributed by atoms with Crippen molar-refractivity contribution in [1.29, 1.82) is 0 Å². The summed E-state index contributed by atoms with van der Waals surface area (Å²) in [6.07, 6.45) is -0.704. The van der Waals surface area contributed by atoms with Gasteiger partial charge in [0.25, 0.3) is 0 Å². The van der Waals surface area contributed by atoms with E-state index in [2.05, 4.69) is 15.5 Å². The van der Waals surface area contributed by atoms with Crippen molar-refractivity contribution in [3.05, 3.63) is 58.6 Å². The number of pyridine rings is 1. The number of hydrogen-bond acceptors (Lipinski definition) is 5. The van der Waals surface area contributed by atoms with Gasteiger partial charge in [0, 0.05) is 10.4 Å². The molecule has 0 aliphatic carbocycles. The zero-order chi connectivity index (χ0) is 21.6. The Kier molecular flexibility index (Phi) is 5.08. The van der Waals surface area contributed by atoms with Crippen LogP contribution in [-0.2, 0) is 9.53 Å². The van der Waals surface area contributed by atoms with E-state index in [4.69, 9.17) is 16.3 Å². The van der Waals surface area contributed by atoms with E-state index in [9.17, 15) is 4.79 Å². The number of hydrogen-bond donors (Lipinski definition) is 0. The smallest absolute Gasteiger partial charge is 0.179 e. The first kappa shape index (κ1) is 20.4. The maximum atomic E-state index is 12.7. The van der Waals surface area contributed by atoms with Gasteiger partial charge in [-0.05, 0) is 97.6 Å². The molecule has 0 N–H and O–H groups in total. The summed E-state index contributed by atoms with van der Waals surface area (Å²) >= 11 is 6.14. The minimum absolute atomic E-state index is 0.0499. The molecule has 0 fully saturated rings. The summed E-state index contributed by atoms with van der Waals surface area (Å²) in [7, 11) is 0. The van der Waals surface area contributed by atoms with Crippen LogP contribution in [0.2, 0.25) is 5.02 Å². The predicted octanol–water partition coefficient (Wildman–Crippen LogP) is 5.35. The van der Waals surface area contributed by atoms with Crippen LogP contribution in [0, 0.1) is 6.92 Å². The van der Waals surface area contributed by atoms with E-state index in [0.717, 1.165) is 33.2 Å². The van der Waals surface area contributed by atoms with E-state index in [1.165, 1.54) is 0 Å². The highest BCUT2D eigenvalue weighted by Gasteiger charge is 2.30. The van der Waals surface area contributed by atoms with Crippen molar-refractivity contribution < 1.29 is 9.53 Å². The monoisotopic (exact) mass is 422 g/mol. The van der Waals surface area contributed by atoms with Crippen LogP contribution in [0.4, 0.5) is 0 Å². The summed E-state index contributed by atoms with van der Waals surface area (Å²) in [4.78, 5) is 12.7. The van der Waals surface area contributed by atoms with Crippen molar-refractivity contribution in [3.8, 4) is 11.1 Å². The van der Waals surface area contributed by atoms with Crippen molar-refractivity contribution in [1.82, 2.24) is 20.0 Å². The van der Waals surface area contributed by atoms with Crippen LogP contribution in [-0.4, -0.2) is 31.4 Å². The molecule has 0 saturated heterocycles. The molecule has 0 unspecified atom stereocenters. The van der Waals surface area contributed by atoms with Gasteiger partial charge in [0.1, 0.15) is 6.10 Å². The van der Waals surface area contributed by atoms with Gasteiger partial charge < -0.3 is 4.74 Å². The minimum atomic E-state index is -0.704. The summed E-state index contributed by atoms with van der Waals surface area (Å²) < 4.78 is 7.96. The SMILES string of the molecule is CC(=O)[C@@H](OC(C)(C)C)c1c(C)cc2c(ccc3nnnn32)c1-c1ccc(Cl)cc1. The lowest BCUT2D eigenvalue weighted by Gasteiger charge is -2.29. The van der Waals surface area contributed by atoms with Crippen molar-refractivity contribution in [2.45, 2.75) is 46.3 Å². The van der Waals surface area contributed by atoms with E-state index in [1.807, 2.05) is 70.2 Å². The molecular formula is C23H23ClN4O2. The first-order valence-corrected chi connectivity index (χ1v) is 10.1. The first-order chi connectivity index (χ1) is 14.2. The summed E-state index contributed by atoms with van der Waals surface area (Å²) in [6, 6.07) is 13.5. The molecule has 0 radical (unpaired) electrons. The van der Waals surface area contributed by atoms with Crippen LogP contribution >= 0.6 is 11.6 Å². The van der Waals surface area contributed by atoms with Gasteiger partial charge in [-0.25, -0.2) is 0 Å². The topological polar surface area (TPSA) is 69.4 Å². The molecule has 1 atom stereocenters. The zero-order valence-electron chi connectivity index (χ0n) is 17.6. The Morgan fingerprint density at radius 1 is 1.13 bits per heavy atom. The van der Waals surface area contributed by atoms with E-state index >= 15 is 0 Å². The van der Waals surface area contributed by atoms with E-state index in [0.29, 0.717) is 10.7 Å². The van der Waals surface area contributed by atoms with Crippen LogP contribution < -0.4 is 0 Å². The first-order valence-electron chi connectivity index (χ1n) is 9.74. The zero-order valence-corrected chi connectivity index (χ0v) is 18.4. The standard InChI is InChI=1S/C23H23ClN4O2/c1-13-12-18-17(10-11-19-25-26-27-28(18)19)21(15-6-8-16(24)9-7-15)20(13)22(14(2)29)30-23(3,4)5/h6-12,22H,1-5H3/t22-/m1/s1. The third-order valence-electron chi connectivity index (χ3n) is 4.95. The molecular weight excluding hydrogens is 400 g/mol. The fourth-order valence-electron chi connectivity index (χ4n) is 3.77. The number of ether oxygens (including phenoxy) is 1. The predicted molar refractivity (Wildman–Crippen MR) is 118 cm³/mol. The molecule has 30 heavy (non-hydrogen) atoms. The maximum absolute atomic E-state index is 12.7. The number of nitrogens with zero attached hydrogens (tertiary/aromatic N) is 4. The Labute approximate surface area is 179 Å². The number of Topliss-reactive ketones (excluding diaryl/α,β-unsaturated/α-hetero) is 1. The van der Waals surface area contributed by atoms with Crippen molar-refractivity contribution in [2.75, 3.05) is 0 Å². The Morgan fingerprint density at radius 2 is 1.83 bits per heavy atom. The van der Waals surface area contributed by atoms with Gasteiger partial charge >= 0.3 is 0 Å². The largest absolute Gasteiger partial charge is 0.360 e. The van der Waals surface area contributed by atoms with Gasteiger partial charge in [-0.2, -0.15) is 4.52 Å². The summed E-state index contributed by atoms with van der Waals surface area (Å²) in [5.74, 6) is -0.0499. The van der Waals surface area contributed by atoms with E-state index < -0.39 is 11.7 Å². The quantitative estimate of drug-likeness (QED) is 0.443. The molecule has 2 aromatic heterocycles. The van der Waals surface area contributed by atoms with Crippen LogP contribution in [0.15, 0.2) is 42.5 Å². The van der Waals surface area contributed by atoms with Crippen molar-refractivity contribution >= 4 is 33.9 Å². The van der Waals surface area contributed by atoms with Crippen LogP contribution in [0.25, 0.3) is 27.7 Å². The highest BCUT2D eigenvalue weighted by Crippen LogP contribution is 2.41. The molecule has 154 valence electrons. The Hall–Kier alpha value is -2.83. The summed E-state index contributed by atoms with van der Waals surface area (Å²) in [6.45, 7) is 9.40. The molecule has 0 amide bonds. The normalized spacial score (nSPS) is 13.1. The summed E-state index contributed by atoms with van der Waals surface area (Å²) in [5, 5.41) is 13.6. The molecule has 0 spiro atoms. The maximum Gasteiger partial charge on any atom is 0.179 e. The molecule has 6 nitrogen and oxygen atoms in total. The molecule has 4 rings (SSSR count). The minimum Gasteiger partial charge on any atom is -0.360 e. The molecule has 2 heterocycles. The molecule has 0 bridgehead atoms. The fourth-order valence-corrected chi connectivity index (χ4v) is 3.89. The molecule has 7 heteroatoms. The highest BCUT2D eigenvalue weighted by atomic mass is 35.5. The second-order valence-corrected chi connectivity index (χ2v) is 8.86. The Balaban J connectivity index is 2.11. The van der Waals surface area contributed by atoms with Gasteiger partial charge in [0.05, 0.1) is 11.1 Å². The number of carbonyl (C=O) groups is 1. The van der Waals surface area contributed by atoms with Gasteiger partial charge in [-0.1, -0.05) is 23.7 Å². The molecule has 0 aliphatic heterocycles. The van der Waals surface area contributed by atoms with Gasteiger partial charge in [0.2, 0.25) is 0 Å². The molecule has 4 aromatic rings. The Bertz CT molecular complexity index is 1260. The number of rotatable bonds is 4. The lowest BCUT2D eigenvalue weighted by Crippen LogP contribution is -2.27. The number of halogens is 1. The third-order valence-corrected chi connectivity index (χ3v) is 5.20. The van der Waals surface area contributed by atoms with Crippen LogP contribution in [0.5, 0.6) is 0 Å².